The van der Waals surface area contributed by atoms with Crippen LogP contribution in [0.1, 0.15) is 42.4 Å². The summed E-state index contributed by atoms with van der Waals surface area (Å²) in [7, 11) is 3.60. The average molecular weight is 337 g/mol. The minimum atomic E-state index is 0.475. The van der Waals surface area contributed by atoms with Crippen molar-refractivity contribution in [2.45, 2.75) is 39.2 Å². The van der Waals surface area contributed by atoms with Gasteiger partial charge in [0.15, 0.2) is 0 Å². The Morgan fingerprint density at radius 3 is 2.64 bits per heavy atom. The van der Waals surface area contributed by atoms with Crippen molar-refractivity contribution in [1.82, 2.24) is 0 Å². The van der Waals surface area contributed by atoms with Gasteiger partial charge in [-0.15, -0.1) is 0 Å². The molecule has 0 radical (unpaired) electrons. The second kappa shape index (κ2) is 8.11. The quantitative estimate of drug-likeness (QED) is 0.746. The van der Waals surface area contributed by atoms with Gasteiger partial charge in [-0.2, -0.15) is 0 Å². The van der Waals surface area contributed by atoms with Crippen LogP contribution in [0, 0.1) is 6.92 Å². The van der Waals surface area contributed by atoms with Crippen molar-refractivity contribution in [3.05, 3.63) is 59.2 Å². The van der Waals surface area contributed by atoms with E-state index in [0.29, 0.717) is 6.61 Å². The first kappa shape index (κ1) is 17.4. The van der Waals surface area contributed by atoms with Gasteiger partial charge in [-0.05, 0) is 73.6 Å². The highest BCUT2D eigenvalue weighted by molar-refractivity contribution is 5.67. The molecule has 0 heterocycles. The number of allylic oxidation sites excluding steroid dienone is 2. The Kier molecular flexibility index (Phi) is 5.64. The molecule has 0 unspecified atom stereocenters. The molecule has 2 aromatic carbocycles. The van der Waals surface area contributed by atoms with Crippen LogP contribution in [-0.2, 0) is 6.61 Å². The van der Waals surface area contributed by atoms with Crippen LogP contribution in [0.15, 0.2) is 42.5 Å². The molecule has 132 valence electrons. The molecule has 3 rings (SSSR count). The third-order valence-corrected chi connectivity index (χ3v) is 4.83. The lowest BCUT2D eigenvalue weighted by atomic mass is 9.93. The van der Waals surface area contributed by atoms with Crippen molar-refractivity contribution in [2.75, 3.05) is 19.5 Å². The lowest BCUT2D eigenvalue weighted by molar-refractivity contribution is 0.295. The maximum Gasteiger partial charge on any atom is 0.127 e. The third-order valence-electron chi connectivity index (χ3n) is 4.83. The van der Waals surface area contributed by atoms with E-state index in [1.807, 2.05) is 25.2 Å². The molecule has 0 saturated heterocycles. The summed E-state index contributed by atoms with van der Waals surface area (Å²) in [6.45, 7) is 2.59. The van der Waals surface area contributed by atoms with E-state index >= 15 is 0 Å². The van der Waals surface area contributed by atoms with Gasteiger partial charge in [0.2, 0.25) is 0 Å². The van der Waals surface area contributed by atoms with Gasteiger partial charge in [-0.25, -0.2) is 0 Å². The van der Waals surface area contributed by atoms with Crippen LogP contribution in [0.3, 0.4) is 0 Å². The van der Waals surface area contributed by atoms with Crippen LogP contribution in [0.2, 0.25) is 0 Å². The van der Waals surface area contributed by atoms with E-state index in [9.17, 15) is 0 Å². The van der Waals surface area contributed by atoms with Crippen LogP contribution in [0.25, 0.3) is 5.57 Å². The molecule has 3 nitrogen and oxygen atoms in total. The Morgan fingerprint density at radius 1 is 1.08 bits per heavy atom. The molecule has 0 aliphatic heterocycles. The molecular weight excluding hydrogens is 310 g/mol. The molecule has 0 atom stereocenters. The Balaban J connectivity index is 1.77. The predicted molar refractivity (Wildman–Crippen MR) is 104 cm³/mol. The Morgan fingerprint density at radius 2 is 1.96 bits per heavy atom. The fraction of sp³-hybridized carbons (Fsp3) is 0.364. The summed E-state index contributed by atoms with van der Waals surface area (Å²) in [4.78, 5) is 0. The zero-order valence-corrected chi connectivity index (χ0v) is 15.4. The van der Waals surface area contributed by atoms with E-state index in [-0.39, 0.29) is 0 Å². The first-order chi connectivity index (χ1) is 12.2. The summed E-state index contributed by atoms with van der Waals surface area (Å²) in [5.41, 5.74) is 6.04. The second-order valence-corrected chi connectivity index (χ2v) is 6.48. The molecular formula is C22H27NO2. The number of benzene rings is 2. The Bertz CT molecular complexity index is 742. The van der Waals surface area contributed by atoms with Crippen LogP contribution in [0.4, 0.5) is 5.69 Å². The van der Waals surface area contributed by atoms with E-state index in [4.69, 9.17) is 9.47 Å². The van der Waals surface area contributed by atoms with Gasteiger partial charge >= 0.3 is 0 Å². The first-order valence-electron chi connectivity index (χ1n) is 8.99. The number of ether oxygens (including phenoxy) is 2. The molecule has 0 fully saturated rings. The highest BCUT2D eigenvalue weighted by atomic mass is 16.5. The zero-order chi connectivity index (χ0) is 17.6. The van der Waals surface area contributed by atoms with Crippen molar-refractivity contribution in [2.24, 2.45) is 0 Å². The van der Waals surface area contributed by atoms with Gasteiger partial charge in [0.05, 0.1) is 12.7 Å². The number of aryl methyl sites for hydroxylation is 1. The van der Waals surface area contributed by atoms with Crippen molar-refractivity contribution in [1.29, 1.82) is 0 Å². The SMILES string of the molecule is CNc1cccc(OC)c1COc1ccc(C2=CCCCC2)cc1C. The maximum atomic E-state index is 6.11. The summed E-state index contributed by atoms with van der Waals surface area (Å²) in [6, 6.07) is 12.5. The van der Waals surface area contributed by atoms with E-state index < -0.39 is 0 Å². The van der Waals surface area contributed by atoms with E-state index in [0.717, 1.165) is 22.7 Å². The summed E-state index contributed by atoms with van der Waals surface area (Å²) < 4.78 is 11.6. The standard InChI is InChI=1S/C22H27NO2/c1-16-14-18(17-8-5-4-6-9-17)12-13-21(16)25-15-19-20(23-2)10-7-11-22(19)24-3/h7-8,10-14,23H,4-6,9,15H2,1-3H3. The molecule has 0 amide bonds. The van der Waals surface area contributed by atoms with Gasteiger partial charge in [0, 0.05) is 12.7 Å². The molecule has 0 spiro atoms. The van der Waals surface area contributed by atoms with Crippen LogP contribution in [-0.4, -0.2) is 14.2 Å². The number of rotatable bonds is 6. The van der Waals surface area contributed by atoms with Crippen molar-refractivity contribution in [3.63, 3.8) is 0 Å². The maximum absolute atomic E-state index is 6.11. The molecule has 1 aliphatic rings. The lowest BCUT2D eigenvalue weighted by Gasteiger charge is -2.17. The summed E-state index contributed by atoms with van der Waals surface area (Å²) in [5.74, 6) is 1.77. The minimum absolute atomic E-state index is 0.475. The molecule has 0 bridgehead atoms. The Hall–Kier alpha value is -2.42. The van der Waals surface area contributed by atoms with Gasteiger partial charge in [0.1, 0.15) is 18.1 Å². The van der Waals surface area contributed by atoms with E-state index in [1.165, 1.54) is 42.4 Å². The van der Waals surface area contributed by atoms with Gasteiger partial charge in [-0.3, -0.25) is 0 Å². The van der Waals surface area contributed by atoms with Crippen molar-refractivity contribution >= 4 is 11.3 Å². The average Bonchev–Trinajstić information content (AvgIpc) is 2.67. The predicted octanol–water partition coefficient (Wildman–Crippen LogP) is 5.58. The normalized spacial score (nSPS) is 14.0. The van der Waals surface area contributed by atoms with Crippen molar-refractivity contribution < 1.29 is 9.47 Å². The molecule has 25 heavy (non-hydrogen) atoms. The zero-order valence-electron chi connectivity index (χ0n) is 15.4. The molecule has 0 aromatic heterocycles. The number of methoxy groups -OCH3 is 1. The molecule has 3 heteroatoms. The number of anilines is 1. The topological polar surface area (TPSA) is 30.5 Å². The fourth-order valence-electron chi connectivity index (χ4n) is 3.40. The minimum Gasteiger partial charge on any atom is -0.496 e. The first-order valence-corrected chi connectivity index (χ1v) is 8.99. The second-order valence-electron chi connectivity index (χ2n) is 6.48. The van der Waals surface area contributed by atoms with Gasteiger partial charge in [0.25, 0.3) is 0 Å². The third kappa shape index (κ3) is 3.98. The van der Waals surface area contributed by atoms with Crippen molar-refractivity contribution in [3.8, 4) is 11.5 Å². The van der Waals surface area contributed by atoms with E-state index in [1.54, 1.807) is 7.11 Å². The summed E-state index contributed by atoms with van der Waals surface area (Å²) in [5, 5.41) is 3.21. The van der Waals surface area contributed by atoms with Gasteiger partial charge in [-0.1, -0.05) is 18.2 Å². The molecule has 2 aromatic rings. The molecule has 0 saturated carbocycles. The number of nitrogens with one attached hydrogen (secondary N) is 1. The number of hydrogen-bond acceptors (Lipinski definition) is 3. The van der Waals surface area contributed by atoms with Crippen LogP contribution >= 0.6 is 0 Å². The summed E-state index contributed by atoms with van der Waals surface area (Å²) in [6.07, 6.45) is 7.38. The molecule has 1 N–H and O–H groups in total. The van der Waals surface area contributed by atoms with Crippen LogP contribution < -0.4 is 14.8 Å². The molecule has 1 aliphatic carbocycles. The lowest BCUT2D eigenvalue weighted by Crippen LogP contribution is -2.04. The highest BCUT2D eigenvalue weighted by Crippen LogP contribution is 2.32. The smallest absolute Gasteiger partial charge is 0.127 e. The monoisotopic (exact) mass is 337 g/mol. The Labute approximate surface area is 150 Å². The van der Waals surface area contributed by atoms with Gasteiger partial charge < -0.3 is 14.8 Å². The van der Waals surface area contributed by atoms with Crippen LogP contribution in [0.5, 0.6) is 11.5 Å². The fourth-order valence-corrected chi connectivity index (χ4v) is 3.40. The van der Waals surface area contributed by atoms with E-state index in [2.05, 4.69) is 36.5 Å². The number of hydrogen-bond donors (Lipinski definition) is 1. The highest BCUT2D eigenvalue weighted by Gasteiger charge is 2.11. The summed E-state index contributed by atoms with van der Waals surface area (Å²) >= 11 is 0. The largest absolute Gasteiger partial charge is 0.496 e.